The highest BCUT2D eigenvalue weighted by Crippen LogP contribution is 2.23. The molecule has 0 radical (unpaired) electrons. The first-order chi connectivity index (χ1) is 13.7. The van der Waals surface area contributed by atoms with Gasteiger partial charge in [-0.1, -0.05) is 36.4 Å². The number of aromatic nitrogens is 1. The number of hydrogen-bond donors (Lipinski definition) is 0. The second-order valence-electron chi connectivity index (χ2n) is 6.46. The number of amides is 1. The normalized spacial score (nSPS) is 10.9. The van der Waals surface area contributed by atoms with Crippen LogP contribution in [0.5, 0.6) is 5.75 Å². The summed E-state index contributed by atoms with van der Waals surface area (Å²) in [6.07, 6.45) is 5.86. The second-order valence-corrected chi connectivity index (χ2v) is 6.46. The molecule has 0 fully saturated rings. The summed E-state index contributed by atoms with van der Waals surface area (Å²) in [6, 6.07) is 19.7. The summed E-state index contributed by atoms with van der Waals surface area (Å²) in [4.78, 5) is 14.0. The van der Waals surface area contributed by atoms with E-state index in [2.05, 4.69) is 10.6 Å². The van der Waals surface area contributed by atoms with Crippen molar-refractivity contribution < 1.29 is 9.53 Å². The Bertz CT molecular complexity index is 1000. The topological polar surface area (TPSA) is 58.3 Å². The van der Waals surface area contributed by atoms with Crippen LogP contribution in [-0.2, 0) is 11.3 Å². The molecule has 0 bridgehead atoms. The number of nitrogens with zero attached hydrogens (tertiary/aromatic N) is 3. The molecule has 28 heavy (non-hydrogen) atoms. The third kappa shape index (κ3) is 4.80. The largest absolute Gasteiger partial charge is 0.492 e. The molecule has 0 aliphatic heterocycles. The zero-order valence-electron chi connectivity index (χ0n) is 15.9. The van der Waals surface area contributed by atoms with Gasteiger partial charge in [0.2, 0.25) is 5.91 Å². The molecule has 0 unspecified atom stereocenters. The summed E-state index contributed by atoms with van der Waals surface area (Å²) in [6.45, 7) is 1.57. The van der Waals surface area contributed by atoms with Gasteiger partial charge in [0.15, 0.2) is 0 Å². The Morgan fingerprint density at radius 3 is 2.71 bits per heavy atom. The molecule has 0 spiro atoms. The van der Waals surface area contributed by atoms with Crippen LogP contribution in [0.2, 0.25) is 0 Å². The number of benzene rings is 2. The second kappa shape index (κ2) is 9.43. The van der Waals surface area contributed by atoms with Crippen molar-refractivity contribution in [2.24, 2.45) is 0 Å². The van der Waals surface area contributed by atoms with Crippen molar-refractivity contribution >= 4 is 22.9 Å². The maximum atomic E-state index is 12.4. The average molecular weight is 373 g/mol. The number of ether oxygens (including phenoxy) is 1. The van der Waals surface area contributed by atoms with Crippen LogP contribution in [-0.4, -0.2) is 35.6 Å². The van der Waals surface area contributed by atoms with Crippen LogP contribution in [0.15, 0.2) is 66.9 Å². The van der Waals surface area contributed by atoms with Crippen LogP contribution in [0.25, 0.3) is 17.0 Å². The molecule has 5 heteroatoms. The number of fused-ring (bicyclic) bond motifs is 1. The molecule has 3 rings (SSSR count). The smallest absolute Gasteiger partial charge is 0.246 e. The SMILES string of the molecule is CN(CCOc1ccccc1)C(=O)/C=C/c1cn(CCC#N)c2ccccc12. The lowest BCUT2D eigenvalue weighted by Crippen LogP contribution is -2.29. The van der Waals surface area contributed by atoms with Gasteiger partial charge >= 0.3 is 0 Å². The predicted octanol–water partition coefficient (Wildman–Crippen LogP) is 4.11. The molecule has 2 aromatic carbocycles. The lowest BCUT2D eigenvalue weighted by Gasteiger charge is -2.15. The Morgan fingerprint density at radius 1 is 1.18 bits per heavy atom. The third-order valence-electron chi connectivity index (χ3n) is 4.50. The fraction of sp³-hybridized carbons (Fsp3) is 0.217. The summed E-state index contributed by atoms with van der Waals surface area (Å²) in [5, 5.41) is 9.92. The van der Waals surface area contributed by atoms with Gasteiger partial charge in [0.1, 0.15) is 12.4 Å². The van der Waals surface area contributed by atoms with Crippen molar-refractivity contribution in [2.45, 2.75) is 13.0 Å². The monoisotopic (exact) mass is 373 g/mol. The Labute approximate surface area is 165 Å². The van der Waals surface area contributed by atoms with Crippen molar-refractivity contribution in [1.82, 2.24) is 9.47 Å². The van der Waals surface area contributed by atoms with E-state index < -0.39 is 0 Å². The fourth-order valence-electron chi connectivity index (χ4n) is 2.98. The zero-order valence-corrected chi connectivity index (χ0v) is 15.9. The number of carbonyl (C=O) groups is 1. The van der Waals surface area contributed by atoms with E-state index in [-0.39, 0.29) is 5.91 Å². The standard InChI is InChI=1S/C23H23N3O2/c1-25(16-17-28-20-8-3-2-4-9-20)23(27)13-12-19-18-26(15-7-14-24)22-11-6-5-10-21(19)22/h2-6,8-13,18H,7,15-17H2,1H3/b13-12+. The number of carbonyl (C=O) groups excluding carboxylic acids is 1. The minimum Gasteiger partial charge on any atom is -0.492 e. The highest BCUT2D eigenvalue weighted by Gasteiger charge is 2.08. The summed E-state index contributed by atoms with van der Waals surface area (Å²) in [5.74, 6) is 0.717. The number of rotatable bonds is 8. The van der Waals surface area contributed by atoms with Crippen LogP contribution >= 0.6 is 0 Å². The van der Waals surface area contributed by atoms with Gasteiger partial charge in [0.05, 0.1) is 19.0 Å². The molecular weight excluding hydrogens is 350 g/mol. The molecule has 0 aliphatic carbocycles. The number of para-hydroxylation sites is 2. The Kier molecular flexibility index (Phi) is 6.48. The molecule has 1 heterocycles. The maximum absolute atomic E-state index is 12.4. The van der Waals surface area contributed by atoms with E-state index in [9.17, 15) is 4.79 Å². The highest BCUT2D eigenvalue weighted by molar-refractivity contribution is 5.96. The summed E-state index contributed by atoms with van der Waals surface area (Å²) >= 11 is 0. The quantitative estimate of drug-likeness (QED) is 0.559. The van der Waals surface area contributed by atoms with Gasteiger partial charge in [-0.3, -0.25) is 4.79 Å². The van der Waals surface area contributed by atoms with Crippen molar-refractivity contribution in [3.8, 4) is 11.8 Å². The lowest BCUT2D eigenvalue weighted by molar-refractivity contribution is -0.125. The molecular formula is C23H23N3O2. The van der Waals surface area contributed by atoms with Crippen LogP contribution < -0.4 is 4.74 Å². The van der Waals surface area contributed by atoms with Crippen molar-refractivity contribution in [3.63, 3.8) is 0 Å². The Balaban J connectivity index is 1.62. The third-order valence-corrected chi connectivity index (χ3v) is 4.50. The van der Waals surface area contributed by atoms with Crippen LogP contribution in [0, 0.1) is 11.3 Å². The Morgan fingerprint density at radius 2 is 1.93 bits per heavy atom. The molecule has 142 valence electrons. The van der Waals surface area contributed by atoms with E-state index in [1.165, 1.54) is 0 Å². The van der Waals surface area contributed by atoms with E-state index in [0.717, 1.165) is 22.2 Å². The van der Waals surface area contributed by atoms with E-state index in [1.807, 2.05) is 66.9 Å². The molecule has 0 N–H and O–H groups in total. The fourth-order valence-corrected chi connectivity index (χ4v) is 2.98. The molecule has 0 saturated carbocycles. The molecule has 0 aliphatic rings. The first-order valence-electron chi connectivity index (χ1n) is 9.25. The van der Waals surface area contributed by atoms with Crippen LogP contribution in [0.3, 0.4) is 0 Å². The summed E-state index contributed by atoms with van der Waals surface area (Å²) < 4.78 is 7.70. The summed E-state index contributed by atoms with van der Waals surface area (Å²) in [5.41, 5.74) is 2.03. The number of nitriles is 1. The van der Waals surface area contributed by atoms with E-state index >= 15 is 0 Å². The van der Waals surface area contributed by atoms with Gasteiger partial charge in [-0.05, 0) is 24.3 Å². The van der Waals surface area contributed by atoms with E-state index in [4.69, 9.17) is 10.00 Å². The highest BCUT2D eigenvalue weighted by atomic mass is 16.5. The van der Waals surface area contributed by atoms with Crippen molar-refractivity contribution in [3.05, 3.63) is 72.4 Å². The van der Waals surface area contributed by atoms with Gasteiger partial charge in [-0.15, -0.1) is 0 Å². The first kappa shape index (κ1) is 19.2. The average Bonchev–Trinajstić information content (AvgIpc) is 3.09. The predicted molar refractivity (Wildman–Crippen MR) is 111 cm³/mol. The molecule has 0 saturated heterocycles. The van der Waals surface area contributed by atoms with E-state index in [0.29, 0.717) is 26.1 Å². The van der Waals surface area contributed by atoms with Crippen molar-refractivity contribution in [1.29, 1.82) is 5.26 Å². The minimum absolute atomic E-state index is 0.0782. The van der Waals surface area contributed by atoms with E-state index in [1.54, 1.807) is 18.0 Å². The zero-order chi connectivity index (χ0) is 19.8. The molecule has 0 atom stereocenters. The number of likely N-dealkylation sites (N-methyl/N-ethyl adjacent to an activating group) is 1. The number of hydrogen-bond acceptors (Lipinski definition) is 3. The van der Waals surface area contributed by atoms with Crippen LogP contribution in [0.1, 0.15) is 12.0 Å². The maximum Gasteiger partial charge on any atom is 0.246 e. The molecule has 5 nitrogen and oxygen atoms in total. The number of aryl methyl sites for hydroxylation is 1. The van der Waals surface area contributed by atoms with Gasteiger partial charge in [-0.25, -0.2) is 0 Å². The minimum atomic E-state index is -0.0782. The molecule has 1 amide bonds. The summed E-state index contributed by atoms with van der Waals surface area (Å²) in [7, 11) is 1.76. The van der Waals surface area contributed by atoms with Gasteiger partial charge in [0, 0.05) is 42.3 Å². The molecule has 1 aromatic heterocycles. The van der Waals surface area contributed by atoms with Gasteiger partial charge in [0.25, 0.3) is 0 Å². The van der Waals surface area contributed by atoms with Gasteiger partial charge < -0.3 is 14.2 Å². The lowest BCUT2D eigenvalue weighted by atomic mass is 10.1. The van der Waals surface area contributed by atoms with Gasteiger partial charge in [-0.2, -0.15) is 5.26 Å². The Hall–Kier alpha value is -3.52. The molecule has 3 aromatic rings. The first-order valence-corrected chi connectivity index (χ1v) is 9.25. The van der Waals surface area contributed by atoms with Crippen LogP contribution in [0.4, 0.5) is 0 Å². The van der Waals surface area contributed by atoms with Crippen molar-refractivity contribution in [2.75, 3.05) is 20.2 Å².